The summed E-state index contributed by atoms with van der Waals surface area (Å²) >= 11 is 0. The van der Waals surface area contributed by atoms with Gasteiger partial charge in [0.25, 0.3) is 0 Å². The predicted molar refractivity (Wildman–Crippen MR) is 89.9 cm³/mol. The maximum absolute atomic E-state index is 12.8. The van der Waals surface area contributed by atoms with Gasteiger partial charge in [0, 0.05) is 32.8 Å². The van der Waals surface area contributed by atoms with E-state index in [2.05, 4.69) is 15.4 Å². The van der Waals surface area contributed by atoms with Crippen molar-refractivity contribution < 1.29 is 17.9 Å². The molecule has 0 bridgehead atoms. The van der Waals surface area contributed by atoms with Crippen molar-refractivity contribution in [3.8, 4) is 5.88 Å². The van der Waals surface area contributed by atoms with Crippen molar-refractivity contribution in [3.63, 3.8) is 0 Å². The quantitative estimate of drug-likeness (QED) is 0.848. The lowest BCUT2D eigenvalue weighted by molar-refractivity contribution is -0.141. The second kappa shape index (κ2) is 7.30. The second-order valence-electron chi connectivity index (χ2n) is 6.64. The molecule has 0 fully saturated rings. The van der Waals surface area contributed by atoms with Crippen molar-refractivity contribution in [2.45, 2.75) is 45.5 Å². The molecule has 6 nitrogen and oxygen atoms in total. The largest absolute Gasteiger partial charge is 0.481 e. The minimum absolute atomic E-state index is 0.269. The van der Waals surface area contributed by atoms with Crippen molar-refractivity contribution in [1.82, 2.24) is 24.6 Å². The Morgan fingerprint density at radius 2 is 2.15 bits per heavy atom. The average Bonchev–Trinajstić information content (AvgIpc) is 3.15. The van der Waals surface area contributed by atoms with Crippen molar-refractivity contribution in [1.29, 1.82) is 0 Å². The first-order chi connectivity index (χ1) is 12.3. The first-order valence-corrected chi connectivity index (χ1v) is 8.76. The summed E-state index contributed by atoms with van der Waals surface area (Å²) in [5.74, 6) is 1.53. The van der Waals surface area contributed by atoms with Gasteiger partial charge in [-0.05, 0) is 25.3 Å². The fourth-order valence-electron chi connectivity index (χ4n) is 3.54. The molecule has 26 heavy (non-hydrogen) atoms. The van der Waals surface area contributed by atoms with Gasteiger partial charge >= 0.3 is 6.18 Å². The average molecular weight is 371 g/mol. The van der Waals surface area contributed by atoms with E-state index in [1.165, 1.54) is 0 Å². The predicted octanol–water partition coefficient (Wildman–Crippen LogP) is 2.56. The number of rotatable bonds is 6. The summed E-state index contributed by atoms with van der Waals surface area (Å²) in [6.45, 7) is 3.95. The smallest absolute Gasteiger partial charge is 0.434 e. The monoisotopic (exact) mass is 371 g/mol. The molecular formula is C17H24F3N5O. The van der Waals surface area contributed by atoms with E-state index in [0.29, 0.717) is 25.3 Å². The van der Waals surface area contributed by atoms with Crippen molar-refractivity contribution in [2.24, 2.45) is 13.0 Å². The van der Waals surface area contributed by atoms with E-state index >= 15 is 0 Å². The topological polar surface area (TPSA) is 56.9 Å². The molecule has 144 valence electrons. The lowest BCUT2D eigenvalue weighted by Crippen LogP contribution is -2.30. The van der Waals surface area contributed by atoms with Gasteiger partial charge < -0.3 is 14.6 Å². The Bertz CT molecular complexity index is 765. The number of fused-ring (bicyclic) bond motifs is 1. The van der Waals surface area contributed by atoms with Crippen molar-refractivity contribution in [2.75, 3.05) is 13.7 Å². The number of hydrogen-bond donors (Lipinski definition) is 1. The van der Waals surface area contributed by atoms with Gasteiger partial charge in [0.15, 0.2) is 5.69 Å². The molecule has 0 saturated heterocycles. The second-order valence-corrected chi connectivity index (χ2v) is 6.64. The van der Waals surface area contributed by atoms with Crippen LogP contribution in [0, 0.1) is 5.92 Å². The first-order valence-electron chi connectivity index (χ1n) is 8.76. The summed E-state index contributed by atoms with van der Waals surface area (Å²) in [5.41, 5.74) is 1.23. The van der Waals surface area contributed by atoms with E-state index in [1.807, 2.05) is 14.0 Å². The zero-order valence-corrected chi connectivity index (χ0v) is 15.2. The van der Waals surface area contributed by atoms with Crippen LogP contribution >= 0.6 is 0 Å². The number of nitrogens with zero attached hydrogens (tertiary/aromatic N) is 4. The highest BCUT2D eigenvalue weighted by Crippen LogP contribution is 2.30. The van der Waals surface area contributed by atoms with Crippen LogP contribution in [0.2, 0.25) is 0 Å². The Morgan fingerprint density at radius 3 is 2.81 bits per heavy atom. The van der Waals surface area contributed by atoms with Crippen LogP contribution in [0.1, 0.15) is 36.1 Å². The van der Waals surface area contributed by atoms with Crippen LogP contribution in [0.5, 0.6) is 5.88 Å². The fourth-order valence-corrected chi connectivity index (χ4v) is 3.54. The van der Waals surface area contributed by atoms with E-state index in [4.69, 9.17) is 4.74 Å². The lowest BCUT2D eigenvalue weighted by Gasteiger charge is -2.24. The molecule has 0 radical (unpaired) electrons. The lowest BCUT2D eigenvalue weighted by atomic mass is 9.99. The molecule has 0 aliphatic carbocycles. The zero-order valence-electron chi connectivity index (χ0n) is 15.2. The van der Waals surface area contributed by atoms with Gasteiger partial charge in [-0.3, -0.25) is 0 Å². The summed E-state index contributed by atoms with van der Waals surface area (Å²) in [7, 11) is 3.47. The molecule has 0 spiro atoms. The van der Waals surface area contributed by atoms with Gasteiger partial charge in [0.2, 0.25) is 5.88 Å². The van der Waals surface area contributed by atoms with Gasteiger partial charge in [0.1, 0.15) is 5.82 Å². The Morgan fingerprint density at radius 1 is 1.38 bits per heavy atom. The third kappa shape index (κ3) is 3.72. The standard InChI is InChI=1S/C17H24F3N5O/c1-4-13-12(16(26-3)24(2)23-13)8-21-7-11-5-6-15-22-14(17(18,19)20)10-25(15)9-11/h10-11,21H,4-9H2,1-3H3. The number of nitrogens with one attached hydrogen (secondary N) is 1. The van der Waals surface area contributed by atoms with E-state index in [1.54, 1.807) is 16.4 Å². The number of alkyl halides is 3. The third-order valence-electron chi connectivity index (χ3n) is 4.81. The molecule has 2 aromatic rings. The molecule has 0 aromatic carbocycles. The van der Waals surface area contributed by atoms with E-state index in [-0.39, 0.29) is 5.92 Å². The maximum Gasteiger partial charge on any atom is 0.434 e. The molecule has 0 saturated carbocycles. The molecule has 1 aliphatic heterocycles. The first kappa shape index (κ1) is 18.8. The van der Waals surface area contributed by atoms with Crippen LogP contribution in [0.25, 0.3) is 0 Å². The number of ether oxygens (including phenoxy) is 1. The molecule has 1 N–H and O–H groups in total. The minimum Gasteiger partial charge on any atom is -0.481 e. The molecule has 0 amide bonds. The Balaban J connectivity index is 1.60. The Kier molecular flexibility index (Phi) is 5.27. The zero-order chi connectivity index (χ0) is 18.9. The molecule has 1 atom stereocenters. The molecule has 9 heteroatoms. The van der Waals surface area contributed by atoms with Crippen molar-refractivity contribution in [3.05, 3.63) is 29.0 Å². The Hall–Kier alpha value is -2.03. The van der Waals surface area contributed by atoms with Crippen LogP contribution in [-0.4, -0.2) is 33.0 Å². The number of aromatic nitrogens is 4. The molecule has 1 unspecified atom stereocenters. The van der Waals surface area contributed by atoms with Crippen LogP contribution in [0.4, 0.5) is 13.2 Å². The summed E-state index contributed by atoms with van der Waals surface area (Å²) in [4.78, 5) is 3.72. The molecular weight excluding hydrogens is 347 g/mol. The van der Waals surface area contributed by atoms with Gasteiger partial charge in [-0.15, -0.1) is 0 Å². The van der Waals surface area contributed by atoms with Crippen LogP contribution in [0.15, 0.2) is 6.20 Å². The highest BCUT2D eigenvalue weighted by Gasteiger charge is 2.35. The van der Waals surface area contributed by atoms with Gasteiger partial charge in [-0.25, -0.2) is 9.67 Å². The van der Waals surface area contributed by atoms with Crippen LogP contribution < -0.4 is 10.1 Å². The van der Waals surface area contributed by atoms with E-state index < -0.39 is 11.9 Å². The molecule has 1 aliphatic rings. The van der Waals surface area contributed by atoms with E-state index in [0.717, 1.165) is 42.7 Å². The Labute approximate surface area is 150 Å². The fraction of sp³-hybridized carbons (Fsp3) is 0.647. The number of imidazole rings is 1. The molecule has 3 rings (SSSR count). The highest BCUT2D eigenvalue weighted by molar-refractivity contribution is 5.31. The van der Waals surface area contributed by atoms with Gasteiger partial charge in [0.05, 0.1) is 18.4 Å². The minimum atomic E-state index is -4.38. The summed E-state index contributed by atoms with van der Waals surface area (Å²) in [6, 6.07) is 0. The number of methoxy groups -OCH3 is 1. The van der Waals surface area contributed by atoms with Gasteiger partial charge in [-0.1, -0.05) is 6.92 Å². The normalized spacial score (nSPS) is 17.4. The maximum atomic E-state index is 12.8. The summed E-state index contributed by atoms with van der Waals surface area (Å²) in [6.07, 6.45) is -1.05. The van der Waals surface area contributed by atoms with Crippen LogP contribution in [0.3, 0.4) is 0 Å². The van der Waals surface area contributed by atoms with Crippen LogP contribution in [-0.2, 0) is 39.2 Å². The third-order valence-corrected chi connectivity index (χ3v) is 4.81. The molecule has 3 heterocycles. The number of hydrogen-bond acceptors (Lipinski definition) is 4. The summed E-state index contributed by atoms with van der Waals surface area (Å²) < 4.78 is 47.2. The van der Waals surface area contributed by atoms with E-state index in [9.17, 15) is 13.2 Å². The highest BCUT2D eigenvalue weighted by atomic mass is 19.4. The van der Waals surface area contributed by atoms with Crippen molar-refractivity contribution >= 4 is 0 Å². The summed E-state index contributed by atoms with van der Waals surface area (Å²) in [5, 5.41) is 7.87. The number of halogens is 3. The molecule has 2 aromatic heterocycles. The van der Waals surface area contributed by atoms with Gasteiger partial charge in [-0.2, -0.15) is 18.3 Å². The SMILES string of the molecule is CCc1nn(C)c(OC)c1CNCC1CCc2nc(C(F)(F)F)cn2C1. The number of aryl methyl sites for hydroxylation is 3.